The van der Waals surface area contributed by atoms with E-state index in [1.807, 2.05) is 0 Å². The van der Waals surface area contributed by atoms with Crippen molar-refractivity contribution < 1.29 is 47.4 Å². The van der Waals surface area contributed by atoms with Gasteiger partial charge in [0.1, 0.15) is 0 Å². The van der Waals surface area contributed by atoms with Crippen molar-refractivity contribution in [1.29, 1.82) is 0 Å². The van der Waals surface area contributed by atoms with Gasteiger partial charge < -0.3 is 47.9 Å². The number of rotatable bonds is 27. The van der Waals surface area contributed by atoms with Gasteiger partial charge >= 0.3 is 0 Å². The van der Waals surface area contributed by atoms with Crippen molar-refractivity contribution in [2.75, 3.05) is 126 Å². The zero-order valence-electron chi connectivity index (χ0n) is 19.8. The van der Waals surface area contributed by atoms with Gasteiger partial charge in [-0.3, -0.25) is 4.79 Å². The van der Waals surface area contributed by atoms with Gasteiger partial charge in [-0.15, -0.1) is 0 Å². The van der Waals surface area contributed by atoms with Gasteiger partial charge in [0.2, 0.25) is 5.91 Å². The third kappa shape index (κ3) is 27.1. The minimum atomic E-state index is -0.0317. The molecule has 0 aliphatic carbocycles. The molecule has 0 radical (unpaired) electrons. The van der Waals surface area contributed by atoms with Crippen LogP contribution < -0.4 is 5.32 Å². The number of hydrogen-bond acceptors (Lipinski definition) is 10. The van der Waals surface area contributed by atoms with E-state index in [4.69, 9.17) is 42.6 Å². The molecule has 0 unspecified atom stereocenters. The lowest BCUT2D eigenvalue weighted by Gasteiger charge is -2.08. The highest BCUT2D eigenvalue weighted by Gasteiger charge is 1.97. The van der Waals surface area contributed by atoms with E-state index in [9.17, 15) is 4.79 Å². The normalized spacial score (nSPS) is 11.2. The second kappa shape index (κ2) is 28.1. The van der Waals surface area contributed by atoms with Crippen LogP contribution in [0.2, 0.25) is 0 Å². The van der Waals surface area contributed by atoms with E-state index >= 15 is 0 Å². The minimum absolute atomic E-state index is 0.0317. The van der Waals surface area contributed by atoms with Crippen LogP contribution in [0.1, 0.15) is 6.42 Å². The molecule has 1 N–H and O–H groups in total. The molecule has 0 aliphatic rings. The smallest absolute Gasteiger partial charge is 0.222 e. The third-order valence-corrected chi connectivity index (χ3v) is 3.79. The van der Waals surface area contributed by atoms with Crippen molar-refractivity contribution in [2.45, 2.75) is 6.42 Å². The van der Waals surface area contributed by atoms with Crippen LogP contribution in [-0.4, -0.2) is 132 Å². The summed E-state index contributed by atoms with van der Waals surface area (Å²) in [6.45, 7) is 8.78. The summed E-state index contributed by atoms with van der Waals surface area (Å²) < 4.78 is 47.8. The molecule has 32 heavy (non-hydrogen) atoms. The predicted molar refractivity (Wildman–Crippen MR) is 117 cm³/mol. The molecule has 0 aromatic heterocycles. The predicted octanol–water partition coefficient (Wildman–Crippen LogP) is -0.0983. The summed E-state index contributed by atoms with van der Waals surface area (Å²) >= 11 is 0. The lowest BCUT2D eigenvalue weighted by molar-refractivity contribution is -0.121. The van der Waals surface area contributed by atoms with E-state index in [0.29, 0.717) is 119 Å². The first kappa shape index (κ1) is 31.1. The number of nitrogens with one attached hydrogen (secondary N) is 1. The standard InChI is InChI=1S/C21H43NO10/c1-22-21(23)3-4-25-7-8-27-11-12-29-15-16-31-19-20-32-18-17-30-14-13-28-10-9-26-6-5-24-2/h3-20H2,1-2H3,(H,22,23). The summed E-state index contributed by atoms with van der Waals surface area (Å²) in [5.41, 5.74) is 0. The van der Waals surface area contributed by atoms with Crippen LogP contribution in [0.5, 0.6) is 0 Å². The van der Waals surface area contributed by atoms with E-state index in [1.165, 1.54) is 0 Å². The monoisotopic (exact) mass is 469 g/mol. The summed E-state index contributed by atoms with van der Waals surface area (Å²) in [4.78, 5) is 11.0. The highest BCUT2D eigenvalue weighted by molar-refractivity contribution is 5.75. The van der Waals surface area contributed by atoms with Gasteiger partial charge in [-0.05, 0) is 0 Å². The number of amides is 1. The fourth-order valence-corrected chi connectivity index (χ4v) is 2.07. The average molecular weight is 470 g/mol. The molecule has 0 heterocycles. The largest absolute Gasteiger partial charge is 0.382 e. The zero-order valence-corrected chi connectivity index (χ0v) is 19.8. The molecule has 1 amide bonds. The molecule has 0 bridgehead atoms. The SMILES string of the molecule is CNC(=O)CCOCCOCCOCCOCCOCCOCCOCCOCCOC. The second-order valence-electron chi connectivity index (χ2n) is 6.31. The van der Waals surface area contributed by atoms with E-state index in [-0.39, 0.29) is 5.91 Å². The molecule has 11 heteroatoms. The van der Waals surface area contributed by atoms with Crippen molar-refractivity contribution in [3.8, 4) is 0 Å². The van der Waals surface area contributed by atoms with Crippen LogP contribution in [-0.2, 0) is 47.4 Å². The van der Waals surface area contributed by atoms with Crippen LogP contribution in [0.25, 0.3) is 0 Å². The van der Waals surface area contributed by atoms with Crippen molar-refractivity contribution in [3.63, 3.8) is 0 Å². The Hall–Kier alpha value is -0.890. The Morgan fingerprint density at radius 1 is 0.469 bits per heavy atom. The van der Waals surface area contributed by atoms with E-state index in [0.717, 1.165) is 0 Å². The maximum atomic E-state index is 11.0. The van der Waals surface area contributed by atoms with E-state index < -0.39 is 0 Å². The van der Waals surface area contributed by atoms with E-state index in [1.54, 1.807) is 14.2 Å². The van der Waals surface area contributed by atoms with E-state index in [2.05, 4.69) is 5.32 Å². The van der Waals surface area contributed by atoms with Crippen LogP contribution in [0.3, 0.4) is 0 Å². The van der Waals surface area contributed by atoms with Gasteiger partial charge in [-0.1, -0.05) is 0 Å². The second-order valence-corrected chi connectivity index (χ2v) is 6.31. The van der Waals surface area contributed by atoms with Crippen LogP contribution in [0, 0.1) is 0 Å². The molecule has 0 rings (SSSR count). The fourth-order valence-electron chi connectivity index (χ4n) is 2.07. The summed E-state index contributed by atoms with van der Waals surface area (Å²) in [5.74, 6) is -0.0317. The molecule has 0 fully saturated rings. The Kier molecular flexibility index (Phi) is 27.4. The Morgan fingerprint density at radius 2 is 0.719 bits per heavy atom. The summed E-state index contributed by atoms with van der Waals surface area (Å²) in [6.07, 6.45) is 0.362. The summed E-state index contributed by atoms with van der Waals surface area (Å²) in [6, 6.07) is 0. The van der Waals surface area contributed by atoms with Crippen molar-refractivity contribution in [2.24, 2.45) is 0 Å². The Morgan fingerprint density at radius 3 is 0.969 bits per heavy atom. The number of carbonyl (C=O) groups excluding carboxylic acids is 1. The molecule has 0 spiro atoms. The lowest BCUT2D eigenvalue weighted by atomic mass is 10.4. The minimum Gasteiger partial charge on any atom is -0.382 e. The topological polar surface area (TPSA) is 112 Å². The summed E-state index contributed by atoms with van der Waals surface area (Å²) in [7, 11) is 3.25. The molecular weight excluding hydrogens is 426 g/mol. The quantitative estimate of drug-likeness (QED) is 0.164. The highest BCUT2D eigenvalue weighted by Crippen LogP contribution is 1.87. The van der Waals surface area contributed by atoms with Crippen molar-refractivity contribution >= 4 is 5.91 Å². The van der Waals surface area contributed by atoms with Gasteiger partial charge in [0.05, 0.1) is 112 Å². The Labute approximate surface area is 192 Å². The van der Waals surface area contributed by atoms with Crippen LogP contribution in [0.4, 0.5) is 0 Å². The molecule has 0 aromatic rings. The zero-order chi connectivity index (χ0) is 23.4. The first-order valence-electron chi connectivity index (χ1n) is 11.1. The third-order valence-electron chi connectivity index (χ3n) is 3.79. The lowest BCUT2D eigenvalue weighted by Crippen LogP contribution is -2.20. The van der Waals surface area contributed by atoms with Gasteiger partial charge in [0, 0.05) is 20.6 Å². The Balaban J connectivity index is 3.02. The highest BCUT2D eigenvalue weighted by atomic mass is 16.6. The number of methoxy groups -OCH3 is 1. The fraction of sp³-hybridized carbons (Fsp3) is 0.952. The number of hydrogen-bond donors (Lipinski definition) is 1. The van der Waals surface area contributed by atoms with Crippen LogP contribution >= 0.6 is 0 Å². The summed E-state index contributed by atoms with van der Waals surface area (Å²) in [5, 5.41) is 2.54. The first-order chi connectivity index (χ1) is 15.8. The molecule has 0 aliphatic heterocycles. The van der Waals surface area contributed by atoms with Gasteiger partial charge in [-0.2, -0.15) is 0 Å². The molecule has 11 nitrogen and oxygen atoms in total. The number of ether oxygens (including phenoxy) is 9. The number of carbonyl (C=O) groups is 1. The van der Waals surface area contributed by atoms with Gasteiger partial charge in [-0.25, -0.2) is 0 Å². The van der Waals surface area contributed by atoms with Crippen molar-refractivity contribution in [1.82, 2.24) is 5.32 Å². The van der Waals surface area contributed by atoms with Gasteiger partial charge in [0.15, 0.2) is 0 Å². The molecule has 0 saturated carbocycles. The molecular formula is C21H43NO10. The van der Waals surface area contributed by atoms with Crippen LogP contribution in [0.15, 0.2) is 0 Å². The molecule has 0 aromatic carbocycles. The maximum Gasteiger partial charge on any atom is 0.222 e. The maximum absolute atomic E-state index is 11.0. The Bertz CT molecular complexity index is 376. The molecule has 192 valence electrons. The van der Waals surface area contributed by atoms with Gasteiger partial charge in [0.25, 0.3) is 0 Å². The first-order valence-corrected chi connectivity index (χ1v) is 11.1. The molecule has 0 saturated heterocycles. The van der Waals surface area contributed by atoms with Crippen molar-refractivity contribution in [3.05, 3.63) is 0 Å². The molecule has 0 atom stereocenters. The average Bonchev–Trinajstić information content (AvgIpc) is 2.81.